The molecule has 1 fully saturated rings. The Kier molecular flexibility index (Phi) is 4.62. The summed E-state index contributed by atoms with van der Waals surface area (Å²) in [5, 5.41) is 0. The van der Waals surface area contributed by atoms with Crippen molar-refractivity contribution in [1.82, 2.24) is 4.90 Å². The van der Waals surface area contributed by atoms with Crippen LogP contribution in [0.1, 0.15) is 31.2 Å². The van der Waals surface area contributed by atoms with Crippen LogP contribution in [-0.2, 0) is 11.3 Å². The molecular weight excluding hydrogens is 226 g/mol. The molecular formula is C15H20NO2. The van der Waals surface area contributed by atoms with Gasteiger partial charge in [-0.1, -0.05) is 43.2 Å². The van der Waals surface area contributed by atoms with Crippen LogP contribution < -0.4 is 0 Å². The Morgan fingerprint density at radius 1 is 1.28 bits per heavy atom. The minimum Gasteiger partial charge on any atom is -0.445 e. The number of hydrogen-bond acceptors (Lipinski definition) is 2. The molecule has 1 aromatic carbocycles. The molecule has 2 rings (SSSR count). The van der Waals surface area contributed by atoms with Gasteiger partial charge in [-0.05, 0) is 25.3 Å². The molecule has 1 aromatic rings. The van der Waals surface area contributed by atoms with Crippen molar-refractivity contribution in [3.8, 4) is 0 Å². The average molecular weight is 246 g/mol. The molecule has 1 radical (unpaired) electrons. The van der Waals surface area contributed by atoms with E-state index in [1.807, 2.05) is 30.3 Å². The Morgan fingerprint density at radius 3 is 2.56 bits per heavy atom. The topological polar surface area (TPSA) is 29.5 Å². The first-order valence-electron chi connectivity index (χ1n) is 6.58. The molecule has 1 amide bonds. The summed E-state index contributed by atoms with van der Waals surface area (Å²) in [6.45, 7) is 4.65. The largest absolute Gasteiger partial charge is 0.445 e. The van der Waals surface area contributed by atoms with Crippen LogP contribution in [0.5, 0.6) is 0 Å². The molecule has 1 aliphatic carbocycles. The van der Waals surface area contributed by atoms with Crippen LogP contribution in [0.4, 0.5) is 4.79 Å². The van der Waals surface area contributed by atoms with Gasteiger partial charge < -0.3 is 9.64 Å². The van der Waals surface area contributed by atoms with Gasteiger partial charge >= 0.3 is 6.09 Å². The lowest BCUT2D eigenvalue weighted by atomic mass is 10.2. The van der Waals surface area contributed by atoms with Crippen molar-refractivity contribution in [2.24, 2.45) is 0 Å². The zero-order valence-corrected chi connectivity index (χ0v) is 10.7. The van der Waals surface area contributed by atoms with Gasteiger partial charge in [-0.25, -0.2) is 4.79 Å². The minimum atomic E-state index is -0.235. The van der Waals surface area contributed by atoms with Gasteiger partial charge in [0.15, 0.2) is 0 Å². The molecule has 0 heterocycles. The van der Waals surface area contributed by atoms with E-state index in [1.165, 1.54) is 12.8 Å². The lowest BCUT2D eigenvalue weighted by Crippen LogP contribution is -2.39. The van der Waals surface area contributed by atoms with Gasteiger partial charge in [-0.2, -0.15) is 0 Å². The molecule has 0 spiro atoms. The zero-order chi connectivity index (χ0) is 12.8. The molecule has 0 aliphatic heterocycles. The van der Waals surface area contributed by atoms with Gasteiger partial charge in [-0.3, -0.25) is 0 Å². The van der Waals surface area contributed by atoms with Gasteiger partial charge in [-0.15, -0.1) is 0 Å². The van der Waals surface area contributed by atoms with Crippen molar-refractivity contribution in [3.05, 3.63) is 42.8 Å². The number of benzene rings is 1. The summed E-state index contributed by atoms with van der Waals surface area (Å²) >= 11 is 0. The first-order valence-corrected chi connectivity index (χ1v) is 6.58. The molecule has 3 nitrogen and oxygen atoms in total. The standard InChI is InChI=1S/C15H20NO2/c1-2-16(14-10-6-7-11-14)15(17)18-12-13-8-4-3-5-9-13/h3-5,8-9,14H,1-2,6-7,10-12H2. The number of ether oxygens (including phenoxy) is 1. The van der Waals surface area contributed by atoms with E-state index >= 15 is 0 Å². The van der Waals surface area contributed by atoms with Gasteiger partial charge in [0.1, 0.15) is 6.61 Å². The monoisotopic (exact) mass is 246 g/mol. The molecule has 0 bridgehead atoms. The fourth-order valence-electron chi connectivity index (χ4n) is 2.44. The van der Waals surface area contributed by atoms with E-state index in [1.54, 1.807) is 4.90 Å². The SMILES string of the molecule is [CH2]CN(C(=O)OCc1ccccc1)C1CCCC1. The van der Waals surface area contributed by atoms with E-state index in [0.29, 0.717) is 19.2 Å². The summed E-state index contributed by atoms with van der Waals surface area (Å²) in [5.74, 6) is 0. The Labute approximate surface area is 109 Å². The Balaban J connectivity index is 1.86. The van der Waals surface area contributed by atoms with Crippen LogP contribution in [0.15, 0.2) is 30.3 Å². The highest BCUT2D eigenvalue weighted by Gasteiger charge is 2.26. The van der Waals surface area contributed by atoms with E-state index in [2.05, 4.69) is 6.92 Å². The maximum Gasteiger partial charge on any atom is 0.410 e. The predicted molar refractivity (Wildman–Crippen MR) is 70.9 cm³/mol. The van der Waals surface area contributed by atoms with Gasteiger partial charge in [0.2, 0.25) is 0 Å². The third-order valence-corrected chi connectivity index (χ3v) is 3.45. The number of carbonyl (C=O) groups is 1. The number of nitrogens with zero attached hydrogens (tertiary/aromatic N) is 1. The second kappa shape index (κ2) is 6.43. The second-order valence-corrected chi connectivity index (χ2v) is 4.67. The van der Waals surface area contributed by atoms with E-state index in [9.17, 15) is 4.79 Å². The second-order valence-electron chi connectivity index (χ2n) is 4.67. The molecule has 0 aromatic heterocycles. The summed E-state index contributed by atoms with van der Waals surface area (Å²) in [4.78, 5) is 13.8. The molecule has 18 heavy (non-hydrogen) atoms. The smallest absolute Gasteiger partial charge is 0.410 e. The average Bonchev–Trinajstić information content (AvgIpc) is 2.92. The summed E-state index contributed by atoms with van der Waals surface area (Å²) < 4.78 is 5.34. The molecule has 0 saturated heterocycles. The van der Waals surface area contributed by atoms with E-state index in [-0.39, 0.29) is 6.09 Å². The van der Waals surface area contributed by atoms with Crippen LogP contribution >= 0.6 is 0 Å². The maximum atomic E-state index is 12.0. The summed E-state index contributed by atoms with van der Waals surface area (Å²) in [5.41, 5.74) is 1.02. The third-order valence-electron chi connectivity index (χ3n) is 3.45. The van der Waals surface area contributed by atoms with E-state index in [4.69, 9.17) is 4.74 Å². The Hall–Kier alpha value is -1.51. The number of carbonyl (C=O) groups excluding carboxylic acids is 1. The van der Waals surface area contributed by atoms with Crippen LogP contribution in [-0.4, -0.2) is 23.6 Å². The van der Waals surface area contributed by atoms with Crippen LogP contribution in [0, 0.1) is 6.92 Å². The van der Waals surface area contributed by atoms with Crippen molar-refractivity contribution in [2.45, 2.75) is 38.3 Å². The lowest BCUT2D eigenvalue weighted by Gasteiger charge is -2.26. The van der Waals surface area contributed by atoms with E-state index in [0.717, 1.165) is 18.4 Å². The summed E-state index contributed by atoms with van der Waals surface area (Å²) in [7, 11) is 0. The quantitative estimate of drug-likeness (QED) is 0.815. The van der Waals surface area contributed by atoms with Crippen molar-refractivity contribution in [2.75, 3.05) is 6.54 Å². The number of hydrogen-bond donors (Lipinski definition) is 0. The highest BCUT2D eigenvalue weighted by molar-refractivity contribution is 5.68. The van der Waals surface area contributed by atoms with Gasteiger partial charge in [0, 0.05) is 12.6 Å². The van der Waals surface area contributed by atoms with Crippen LogP contribution in [0.2, 0.25) is 0 Å². The van der Waals surface area contributed by atoms with Crippen molar-refractivity contribution in [1.29, 1.82) is 0 Å². The molecule has 0 atom stereocenters. The molecule has 97 valence electrons. The third kappa shape index (κ3) is 3.25. The highest BCUT2D eigenvalue weighted by Crippen LogP contribution is 2.23. The fourth-order valence-corrected chi connectivity index (χ4v) is 2.44. The van der Waals surface area contributed by atoms with Gasteiger partial charge in [0.25, 0.3) is 0 Å². The summed E-state index contributed by atoms with van der Waals surface area (Å²) in [6, 6.07) is 10.1. The van der Waals surface area contributed by atoms with Gasteiger partial charge in [0.05, 0.1) is 0 Å². The number of rotatable bonds is 4. The predicted octanol–water partition coefficient (Wildman–Crippen LogP) is 3.40. The van der Waals surface area contributed by atoms with Crippen molar-refractivity contribution < 1.29 is 9.53 Å². The molecule has 3 heteroatoms. The van der Waals surface area contributed by atoms with Crippen LogP contribution in [0.3, 0.4) is 0 Å². The fraction of sp³-hybridized carbons (Fsp3) is 0.467. The Bertz CT molecular complexity index is 371. The first kappa shape index (κ1) is 12.9. The van der Waals surface area contributed by atoms with Crippen molar-refractivity contribution in [3.63, 3.8) is 0 Å². The Morgan fingerprint density at radius 2 is 1.94 bits per heavy atom. The first-order chi connectivity index (χ1) is 8.81. The molecule has 0 unspecified atom stereocenters. The van der Waals surface area contributed by atoms with E-state index < -0.39 is 0 Å². The number of amides is 1. The molecule has 1 saturated carbocycles. The highest BCUT2D eigenvalue weighted by atomic mass is 16.6. The molecule has 1 aliphatic rings. The lowest BCUT2D eigenvalue weighted by molar-refractivity contribution is 0.0857. The summed E-state index contributed by atoms with van der Waals surface area (Å²) in [6.07, 6.45) is 4.33. The van der Waals surface area contributed by atoms with Crippen LogP contribution in [0.25, 0.3) is 0 Å². The van der Waals surface area contributed by atoms with Crippen molar-refractivity contribution >= 4 is 6.09 Å². The minimum absolute atomic E-state index is 0.235. The zero-order valence-electron chi connectivity index (χ0n) is 10.7. The maximum absolute atomic E-state index is 12.0. The normalized spacial score (nSPS) is 15.6. The molecule has 0 N–H and O–H groups in total.